The van der Waals surface area contributed by atoms with E-state index in [4.69, 9.17) is 10.6 Å². The van der Waals surface area contributed by atoms with Gasteiger partial charge in [0, 0.05) is 12.6 Å². The van der Waals surface area contributed by atoms with Gasteiger partial charge in [0.2, 0.25) is 0 Å². The van der Waals surface area contributed by atoms with Crippen LogP contribution in [0.4, 0.5) is 5.69 Å². The van der Waals surface area contributed by atoms with E-state index in [1.165, 1.54) is 11.1 Å². The largest absolute Gasteiger partial charge is 0.489 e. The Kier molecular flexibility index (Phi) is 4.86. The molecule has 3 nitrogen and oxygen atoms in total. The molecule has 2 aromatic rings. The SMILES string of the molecule is CCc1cccc(N(C)N)c1COc1ccc(C)cc1C. The third-order valence-electron chi connectivity index (χ3n) is 3.71. The van der Waals surface area contributed by atoms with E-state index in [2.05, 4.69) is 39.0 Å². The van der Waals surface area contributed by atoms with Crippen molar-refractivity contribution in [2.75, 3.05) is 12.1 Å². The highest BCUT2D eigenvalue weighted by molar-refractivity contribution is 5.55. The summed E-state index contributed by atoms with van der Waals surface area (Å²) in [4.78, 5) is 0. The van der Waals surface area contributed by atoms with Crippen LogP contribution in [0, 0.1) is 13.8 Å². The first kappa shape index (κ1) is 15.4. The predicted octanol–water partition coefficient (Wildman–Crippen LogP) is 3.75. The maximum absolute atomic E-state index is 6.03. The topological polar surface area (TPSA) is 38.5 Å². The molecular formula is C18H24N2O. The molecule has 0 bridgehead atoms. The molecule has 0 saturated heterocycles. The fraction of sp³-hybridized carbons (Fsp3) is 0.333. The molecule has 0 fully saturated rings. The zero-order valence-electron chi connectivity index (χ0n) is 13.3. The summed E-state index contributed by atoms with van der Waals surface area (Å²) in [7, 11) is 1.86. The molecule has 0 heterocycles. The molecule has 0 aliphatic rings. The van der Waals surface area contributed by atoms with Gasteiger partial charge in [-0.3, -0.25) is 0 Å². The first-order valence-corrected chi connectivity index (χ1v) is 7.32. The molecule has 0 aliphatic carbocycles. The molecule has 112 valence electrons. The number of ether oxygens (including phenoxy) is 1. The second-order valence-electron chi connectivity index (χ2n) is 5.44. The Labute approximate surface area is 127 Å². The van der Waals surface area contributed by atoms with Gasteiger partial charge in [-0.05, 0) is 43.5 Å². The average molecular weight is 284 g/mol. The molecule has 0 radical (unpaired) electrons. The average Bonchev–Trinajstić information content (AvgIpc) is 2.45. The van der Waals surface area contributed by atoms with Gasteiger partial charge >= 0.3 is 0 Å². The number of nitrogens with two attached hydrogens (primary N) is 1. The highest BCUT2D eigenvalue weighted by atomic mass is 16.5. The van der Waals surface area contributed by atoms with E-state index >= 15 is 0 Å². The number of hydrogen-bond donors (Lipinski definition) is 1. The summed E-state index contributed by atoms with van der Waals surface area (Å²) in [6.45, 7) is 6.84. The molecule has 2 N–H and O–H groups in total. The Morgan fingerprint density at radius 3 is 2.52 bits per heavy atom. The van der Waals surface area contributed by atoms with Crippen molar-refractivity contribution in [3.05, 3.63) is 58.7 Å². The van der Waals surface area contributed by atoms with Crippen molar-refractivity contribution in [3.8, 4) is 5.75 Å². The van der Waals surface area contributed by atoms with Crippen molar-refractivity contribution in [2.45, 2.75) is 33.8 Å². The van der Waals surface area contributed by atoms with E-state index in [0.29, 0.717) is 6.61 Å². The lowest BCUT2D eigenvalue weighted by Gasteiger charge is -2.20. The number of benzene rings is 2. The normalized spacial score (nSPS) is 10.5. The third kappa shape index (κ3) is 3.56. The summed E-state index contributed by atoms with van der Waals surface area (Å²) in [5.74, 6) is 6.86. The Balaban J connectivity index is 2.26. The molecule has 3 heteroatoms. The maximum Gasteiger partial charge on any atom is 0.122 e. The zero-order valence-corrected chi connectivity index (χ0v) is 13.3. The molecule has 0 amide bonds. The van der Waals surface area contributed by atoms with Crippen LogP contribution >= 0.6 is 0 Å². The van der Waals surface area contributed by atoms with Crippen LogP contribution in [0.3, 0.4) is 0 Å². The van der Waals surface area contributed by atoms with E-state index in [1.54, 1.807) is 5.01 Å². The first-order chi connectivity index (χ1) is 10.0. The van der Waals surface area contributed by atoms with Crippen LogP contribution < -0.4 is 15.6 Å². The summed E-state index contributed by atoms with van der Waals surface area (Å²) in [5.41, 5.74) is 5.85. The predicted molar refractivity (Wildman–Crippen MR) is 88.7 cm³/mol. The Morgan fingerprint density at radius 1 is 1.14 bits per heavy atom. The summed E-state index contributed by atoms with van der Waals surface area (Å²) in [6, 6.07) is 12.4. The van der Waals surface area contributed by atoms with Gasteiger partial charge in [0.1, 0.15) is 12.4 Å². The van der Waals surface area contributed by atoms with Crippen molar-refractivity contribution in [3.63, 3.8) is 0 Å². The maximum atomic E-state index is 6.03. The van der Waals surface area contributed by atoms with Gasteiger partial charge in [0.15, 0.2) is 0 Å². The number of rotatable bonds is 5. The minimum Gasteiger partial charge on any atom is -0.489 e. The molecule has 0 atom stereocenters. The van der Waals surface area contributed by atoms with Crippen LogP contribution in [-0.4, -0.2) is 7.05 Å². The minimum absolute atomic E-state index is 0.533. The van der Waals surface area contributed by atoms with Crippen molar-refractivity contribution in [2.24, 2.45) is 5.84 Å². The van der Waals surface area contributed by atoms with Gasteiger partial charge < -0.3 is 9.75 Å². The fourth-order valence-electron chi connectivity index (χ4n) is 2.56. The molecule has 2 aromatic carbocycles. The number of aryl methyl sites for hydroxylation is 3. The Bertz CT molecular complexity index is 621. The molecule has 0 saturated carbocycles. The summed E-state index contributed by atoms with van der Waals surface area (Å²) in [6.07, 6.45) is 0.966. The molecule has 21 heavy (non-hydrogen) atoms. The number of hydrogen-bond acceptors (Lipinski definition) is 3. The number of hydrazine groups is 1. The molecule has 0 unspecified atom stereocenters. The molecule has 0 aromatic heterocycles. The van der Waals surface area contributed by atoms with Crippen LogP contribution in [0.2, 0.25) is 0 Å². The van der Waals surface area contributed by atoms with E-state index in [9.17, 15) is 0 Å². The summed E-state index contributed by atoms with van der Waals surface area (Å²) >= 11 is 0. The van der Waals surface area contributed by atoms with Crippen LogP contribution in [-0.2, 0) is 13.0 Å². The Morgan fingerprint density at radius 2 is 1.90 bits per heavy atom. The van der Waals surface area contributed by atoms with E-state index < -0.39 is 0 Å². The number of nitrogens with zero attached hydrogens (tertiary/aromatic N) is 1. The third-order valence-corrected chi connectivity index (χ3v) is 3.71. The van der Waals surface area contributed by atoms with Gasteiger partial charge in [0.05, 0.1) is 5.69 Å². The fourth-order valence-corrected chi connectivity index (χ4v) is 2.56. The Hall–Kier alpha value is -2.00. The smallest absolute Gasteiger partial charge is 0.122 e. The molecule has 0 spiro atoms. The lowest BCUT2D eigenvalue weighted by atomic mass is 10.0. The van der Waals surface area contributed by atoms with E-state index in [-0.39, 0.29) is 0 Å². The number of anilines is 1. The van der Waals surface area contributed by atoms with E-state index in [1.807, 2.05) is 25.2 Å². The van der Waals surface area contributed by atoms with Gasteiger partial charge in [-0.25, -0.2) is 5.84 Å². The standard InChI is InChI=1S/C18H24N2O/c1-5-15-7-6-8-17(20(4)19)16(15)12-21-18-10-9-13(2)11-14(18)3/h6-11H,5,12,19H2,1-4H3. The highest BCUT2D eigenvalue weighted by Gasteiger charge is 2.11. The van der Waals surface area contributed by atoms with Crippen molar-refractivity contribution in [1.29, 1.82) is 0 Å². The van der Waals surface area contributed by atoms with Gasteiger partial charge in [0.25, 0.3) is 0 Å². The summed E-state index contributed by atoms with van der Waals surface area (Å²) < 4.78 is 6.03. The second kappa shape index (κ2) is 6.64. The highest BCUT2D eigenvalue weighted by Crippen LogP contribution is 2.26. The quantitative estimate of drug-likeness (QED) is 0.671. The summed E-state index contributed by atoms with van der Waals surface area (Å²) in [5, 5.41) is 1.65. The van der Waals surface area contributed by atoms with Crippen LogP contribution in [0.1, 0.15) is 29.2 Å². The van der Waals surface area contributed by atoms with Gasteiger partial charge in [-0.15, -0.1) is 0 Å². The van der Waals surface area contributed by atoms with Crippen molar-refractivity contribution >= 4 is 5.69 Å². The van der Waals surface area contributed by atoms with Crippen LogP contribution in [0.25, 0.3) is 0 Å². The lowest BCUT2D eigenvalue weighted by Crippen LogP contribution is -2.27. The van der Waals surface area contributed by atoms with Gasteiger partial charge in [-0.2, -0.15) is 0 Å². The minimum atomic E-state index is 0.533. The second-order valence-corrected chi connectivity index (χ2v) is 5.44. The van der Waals surface area contributed by atoms with Crippen LogP contribution in [0.15, 0.2) is 36.4 Å². The lowest BCUT2D eigenvalue weighted by molar-refractivity contribution is 0.303. The molecular weight excluding hydrogens is 260 g/mol. The van der Waals surface area contributed by atoms with Crippen molar-refractivity contribution in [1.82, 2.24) is 0 Å². The van der Waals surface area contributed by atoms with Gasteiger partial charge in [-0.1, -0.05) is 36.8 Å². The monoisotopic (exact) mass is 284 g/mol. The van der Waals surface area contributed by atoms with E-state index in [0.717, 1.165) is 29.0 Å². The van der Waals surface area contributed by atoms with Crippen molar-refractivity contribution < 1.29 is 4.74 Å². The molecule has 2 rings (SSSR count). The zero-order chi connectivity index (χ0) is 15.4. The molecule has 0 aliphatic heterocycles. The first-order valence-electron chi connectivity index (χ1n) is 7.32. The van der Waals surface area contributed by atoms with Crippen LogP contribution in [0.5, 0.6) is 5.75 Å².